The Kier molecular flexibility index (Phi) is 8.28. The van der Waals surface area contributed by atoms with Gasteiger partial charge in [-0.3, -0.25) is 4.68 Å². The van der Waals surface area contributed by atoms with Crippen molar-refractivity contribution < 1.29 is 8.42 Å². The molecule has 148 valence electrons. The monoisotopic (exact) mass is 392 g/mol. The van der Waals surface area contributed by atoms with Crippen molar-refractivity contribution in [3.8, 4) is 0 Å². The van der Waals surface area contributed by atoms with Crippen LogP contribution in [-0.2, 0) is 28.9 Å². The molecule has 0 saturated carbocycles. The number of hydrogen-bond acceptors (Lipinski definition) is 4. The lowest BCUT2D eigenvalue weighted by Crippen LogP contribution is -2.38. The number of guanidine groups is 1. The Balaban J connectivity index is 1.89. The van der Waals surface area contributed by atoms with Crippen LogP contribution >= 0.6 is 0 Å². The van der Waals surface area contributed by atoms with E-state index >= 15 is 0 Å². The normalized spacial score (nSPS) is 12.1. The maximum atomic E-state index is 11.7. The second-order valence-corrected chi connectivity index (χ2v) is 7.95. The van der Waals surface area contributed by atoms with Crippen molar-refractivity contribution in [2.75, 3.05) is 20.1 Å². The summed E-state index contributed by atoms with van der Waals surface area (Å²) in [6.45, 7) is 4.89. The first-order chi connectivity index (χ1) is 13.0. The van der Waals surface area contributed by atoms with Gasteiger partial charge >= 0.3 is 0 Å². The smallest absolute Gasteiger partial charge is 0.215 e. The van der Waals surface area contributed by atoms with Crippen molar-refractivity contribution in [2.24, 2.45) is 4.99 Å². The summed E-state index contributed by atoms with van der Waals surface area (Å²) in [5.74, 6) is 0.707. The van der Waals surface area contributed by atoms with Crippen LogP contribution < -0.4 is 15.4 Å². The maximum absolute atomic E-state index is 11.7. The largest absolute Gasteiger partial charge is 0.357 e. The highest BCUT2D eigenvalue weighted by atomic mass is 32.2. The molecular formula is C18H28N6O2S. The van der Waals surface area contributed by atoms with E-state index in [9.17, 15) is 8.42 Å². The highest BCUT2D eigenvalue weighted by Crippen LogP contribution is 2.09. The highest BCUT2D eigenvalue weighted by molar-refractivity contribution is 7.88. The fourth-order valence-corrected chi connectivity index (χ4v) is 3.26. The van der Waals surface area contributed by atoms with Crippen molar-refractivity contribution in [2.45, 2.75) is 32.2 Å². The molecule has 0 fully saturated rings. The van der Waals surface area contributed by atoms with Gasteiger partial charge in [0.1, 0.15) is 0 Å². The third kappa shape index (κ3) is 7.79. The molecule has 0 spiro atoms. The number of hydrogen-bond donors (Lipinski definition) is 3. The molecule has 1 heterocycles. The summed E-state index contributed by atoms with van der Waals surface area (Å²) in [7, 11) is -1.86. The summed E-state index contributed by atoms with van der Waals surface area (Å²) >= 11 is 0. The highest BCUT2D eigenvalue weighted by Gasteiger charge is 2.08. The van der Waals surface area contributed by atoms with Gasteiger partial charge in [0.15, 0.2) is 5.96 Å². The number of rotatable bonds is 10. The van der Waals surface area contributed by atoms with Gasteiger partial charge in [-0.25, -0.2) is 18.1 Å². The van der Waals surface area contributed by atoms with Gasteiger partial charge in [0.25, 0.3) is 0 Å². The van der Waals surface area contributed by atoms with Crippen molar-refractivity contribution in [3.63, 3.8) is 0 Å². The van der Waals surface area contributed by atoms with E-state index in [2.05, 4.69) is 25.4 Å². The fraction of sp³-hybridized carbons (Fsp3) is 0.444. The van der Waals surface area contributed by atoms with E-state index < -0.39 is 10.0 Å². The van der Waals surface area contributed by atoms with Crippen LogP contribution in [0.4, 0.5) is 0 Å². The molecule has 0 aliphatic heterocycles. The van der Waals surface area contributed by atoms with Crippen LogP contribution in [0.15, 0.2) is 47.7 Å². The molecular weight excluding hydrogens is 364 g/mol. The number of nitrogens with zero attached hydrogens (tertiary/aromatic N) is 3. The predicted molar refractivity (Wildman–Crippen MR) is 108 cm³/mol. The molecule has 27 heavy (non-hydrogen) atoms. The molecule has 0 atom stereocenters. The van der Waals surface area contributed by atoms with Gasteiger partial charge in [0.05, 0.1) is 12.3 Å². The van der Waals surface area contributed by atoms with Crippen LogP contribution in [0.2, 0.25) is 0 Å². The van der Waals surface area contributed by atoms with Crippen LogP contribution in [-0.4, -0.2) is 44.3 Å². The summed E-state index contributed by atoms with van der Waals surface area (Å²) in [5.41, 5.74) is 1.71. The average molecular weight is 393 g/mol. The summed E-state index contributed by atoms with van der Waals surface area (Å²) in [4.78, 5) is 4.58. The Morgan fingerprint density at radius 3 is 2.74 bits per heavy atom. The van der Waals surface area contributed by atoms with Crippen molar-refractivity contribution in [1.29, 1.82) is 0 Å². The quantitative estimate of drug-likeness (QED) is 0.319. The summed E-state index contributed by atoms with van der Waals surface area (Å²) in [6, 6.07) is 9.39. The second-order valence-electron chi connectivity index (χ2n) is 6.03. The van der Waals surface area contributed by atoms with Crippen LogP contribution in [0.5, 0.6) is 0 Å². The first-order valence-corrected chi connectivity index (χ1v) is 10.7. The molecule has 0 unspecified atom stereocenters. The molecule has 0 bridgehead atoms. The molecule has 0 amide bonds. The Morgan fingerprint density at radius 2 is 2.04 bits per heavy atom. The lowest BCUT2D eigenvalue weighted by Gasteiger charge is -2.11. The van der Waals surface area contributed by atoms with E-state index in [4.69, 9.17) is 0 Å². The van der Waals surface area contributed by atoms with Crippen molar-refractivity contribution in [1.82, 2.24) is 25.1 Å². The molecule has 9 heteroatoms. The van der Waals surface area contributed by atoms with Gasteiger partial charge in [-0.05, 0) is 37.6 Å². The zero-order chi connectivity index (χ0) is 19.5. The van der Waals surface area contributed by atoms with Gasteiger partial charge in [-0.1, -0.05) is 24.3 Å². The lowest BCUT2D eigenvalue weighted by atomic mass is 10.1. The molecule has 1 aromatic heterocycles. The molecule has 0 saturated heterocycles. The number of aromatic nitrogens is 2. The topological polar surface area (TPSA) is 100 Å². The molecule has 0 aliphatic carbocycles. The first kappa shape index (κ1) is 20.9. The number of benzene rings is 1. The van der Waals surface area contributed by atoms with E-state index in [1.54, 1.807) is 12.3 Å². The van der Waals surface area contributed by atoms with Gasteiger partial charge in [-0.15, -0.1) is 0 Å². The van der Waals surface area contributed by atoms with Gasteiger partial charge in [-0.2, -0.15) is 5.10 Å². The van der Waals surface area contributed by atoms with Crippen LogP contribution in [0, 0.1) is 0 Å². The van der Waals surface area contributed by atoms with Crippen molar-refractivity contribution in [3.05, 3.63) is 53.9 Å². The summed E-state index contributed by atoms with van der Waals surface area (Å²) in [5, 5.41) is 10.7. The van der Waals surface area contributed by atoms with Gasteiger partial charge < -0.3 is 10.6 Å². The zero-order valence-electron chi connectivity index (χ0n) is 15.9. The minimum Gasteiger partial charge on any atom is -0.357 e. The van der Waals surface area contributed by atoms with Crippen LogP contribution in [0.3, 0.4) is 0 Å². The molecule has 1 aromatic carbocycles. The molecule has 8 nitrogen and oxygen atoms in total. The van der Waals surface area contributed by atoms with E-state index in [0.29, 0.717) is 6.54 Å². The standard InChI is InChI=1S/C18H28N6O2S/c1-3-20-18(21-9-5-11-24-12-6-10-23-24)22-14-16-7-4-8-17(13-16)15-27(25,26)19-2/h4,6-8,10,12-13,19H,3,5,9,11,14-15H2,1-2H3,(H2,20,21,22). The molecule has 2 rings (SSSR count). The third-order valence-corrected chi connectivity index (χ3v) is 5.17. The Labute approximate surface area is 161 Å². The molecule has 2 aromatic rings. The SMILES string of the molecule is CCNC(=NCc1cccc(CS(=O)(=O)NC)c1)NCCCn1cccn1. The van der Waals surface area contributed by atoms with Crippen LogP contribution in [0.25, 0.3) is 0 Å². The third-order valence-electron chi connectivity index (χ3n) is 3.84. The zero-order valence-corrected chi connectivity index (χ0v) is 16.7. The summed E-state index contributed by atoms with van der Waals surface area (Å²) in [6.07, 6.45) is 4.65. The lowest BCUT2D eigenvalue weighted by molar-refractivity contribution is 0.570. The van der Waals surface area contributed by atoms with Gasteiger partial charge in [0, 0.05) is 32.0 Å². The summed E-state index contributed by atoms with van der Waals surface area (Å²) < 4.78 is 27.6. The maximum Gasteiger partial charge on any atom is 0.215 e. The average Bonchev–Trinajstić information content (AvgIpc) is 3.16. The molecule has 0 aliphatic rings. The fourth-order valence-electron chi connectivity index (χ4n) is 2.50. The van der Waals surface area contributed by atoms with E-state index in [0.717, 1.165) is 43.1 Å². The van der Waals surface area contributed by atoms with Crippen LogP contribution in [0.1, 0.15) is 24.5 Å². The molecule has 0 radical (unpaired) electrons. The Hall–Kier alpha value is -2.39. The minimum absolute atomic E-state index is 0.0349. The predicted octanol–water partition coefficient (Wildman–Crippen LogP) is 1.08. The van der Waals surface area contributed by atoms with E-state index in [1.807, 2.05) is 42.1 Å². The Bertz CT molecular complexity index is 818. The first-order valence-electron chi connectivity index (χ1n) is 9.01. The molecule has 3 N–H and O–H groups in total. The second kappa shape index (κ2) is 10.7. The number of aliphatic imine (C=N–C) groups is 1. The minimum atomic E-state index is -3.28. The van der Waals surface area contributed by atoms with Gasteiger partial charge in [0.2, 0.25) is 10.0 Å². The van der Waals surface area contributed by atoms with E-state index in [-0.39, 0.29) is 5.75 Å². The van der Waals surface area contributed by atoms with Crippen molar-refractivity contribution >= 4 is 16.0 Å². The number of nitrogens with one attached hydrogen (secondary N) is 3. The van der Waals surface area contributed by atoms with E-state index in [1.165, 1.54) is 7.05 Å². The number of sulfonamides is 1. The number of aryl methyl sites for hydroxylation is 1. The Morgan fingerprint density at radius 1 is 1.22 bits per heavy atom.